The molecule has 1 amide bonds. The summed E-state index contributed by atoms with van der Waals surface area (Å²) in [6.45, 7) is 4.15. The van der Waals surface area contributed by atoms with Crippen molar-refractivity contribution in [3.05, 3.63) is 35.9 Å². The summed E-state index contributed by atoms with van der Waals surface area (Å²) < 4.78 is 0. The Hall–Kier alpha value is -0.960. The van der Waals surface area contributed by atoms with Crippen LogP contribution in [0.1, 0.15) is 32.3 Å². The smallest absolute Gasteiger partial charge is 0.233 e. The number of nitrogens with one attached hydrogen (secondary N) is 1. The van der Waals surface area contributed by atoms with Crippen molar-refractivity contribution < 1.29 is 4.79 Å². The number of rotatable bonds is 6. The Morgan fingerprint density at radius 2 is 2.00 bits per heavy atom. The average Bonchev–Trinajstić information content (AvgIpc) is 2.30. The van der Waals surface area contributed by atoms with E-state index < -0.39 is 0 Å². The van der Waals surface area contributed by atoms with Crippen molar-refractivity contribution in [2.24, 2.45) is 0 Å². The van der Waals surface area contributed by atoms with Crippen molar-refractivity contribution in [2.75, 3.05) is 0 Å². The zero-order valence-electron chi connectivity index (χ0n) is 10.5. The molecule has 0 heterocycles. The second kappa shape index (κ2) is 7.38. The zero-order valence-corrected chi connectivity index (χ0v) is 11.4. The SMILES string of the molecule is CCCC(C)NC(=O)C(S)Cc1ccccc1. The molecule has 3 heteroatoms. The van der Waals surface area contributed by atoms with Crippen LogP contribution in [0.2, 0.25) is 0 Å². The molecule has 0 bridgehead atoms. The summed E-state index contributed by atoms with van der Waals surface area (Å²) in [6.07, 6.45) is 2.77. The van der Waals surface area contributed by atoms with Gasteiger partial charge in [-0.05, 0) is 25.3 Å². The van der Waals surface area contributed by atoms with Gasteiger partial charge in [0, 0.05) is 6.04 Å². The van der Waals surface area contributed by atoms with Crippen LogP contribution in [0.25, 0.3) is 0 Å². The maximum Gasteiger partial charge on any atom is 0.233 e. The molecule has 1 N–H and O–H groups in total. The van der Waals surface area contributed by atoms with Crippen molar-refractivity contribution in [2.45, 2.75) is 44.4 Å². The molecule has 2 unspecified atom stereocenters. The van der Waals surface area contributed by atoms with Crippen LogP contribution in [0.3, 0.4) is 0 Å². The van der Waals surface area contributed by atoms with Gasteiger partial charge in [0.25, 0.3) is 0 Å². The van der Waals surface area contributed by atoms with Crippen LogP contribution in [0.4, 0.5) is 0 Å². The molecule has 94 valence electrons. The highest BCUT2D eigenvalue weighted by Gasteiger charge is 2.15. The van der Waals surface area contributed by atoms with Gasteiger partial charge in [-0.1, -0.05) is 43.7 Å². The number of amides is 1. The maximum absolute atomic E-state index is 11.8. The number of carbonyl (C=O) groups excluding carboxylic acids is 1. The molecule has 17 heavy (non-hydrogen) atoms. The van der Waals surface area contributed by atoms with E-state index in [2.05, 4.69) is 24.9 Å². The largest absolute Gasteiger partial charge is 0.353 e. The summed E-state index contributed by atoms with van der Waals surface area (Å²) in [5.41, 5.74) is 1.14. The fourth-order valence-corrected chi connectivity index (χ4v) is 2.06. The van der Waals surface area contributed by atoms with Gasteiger partial charge in [-0.2, -0.15) is 12.6 Å². The Labute approximate surface area is 109 Å². The fourth-order valence-electron chi connectivity index (χ4n) is 1.77. The summed E-state index contributed by atoms with van der Waals surface area (Å²) >= 11 is 4.37. The van der Waals surface area contributed by atoms with E-state index in [1.54, 1.807) is 0 Å². The number of hydrogen-bond acceptors (Lipinski definition) is 2. The molecular formula is C14H21NOS. The van der Waals surface area contributed by atoms with Crippen molar-refractivity contribution in [1.82, 2.24) is 5.32 Å². The van der Waals surface area contributed by atoms with Crippen molar-refractivity contribution in [3.63, 3.8) is 0 Å². The lowest BCUT2D eigenvalue weighted by Crippen LogP contribution is -2.38. The lowest BCUT2D eigenvalue weighted by molar-refractivity contribution is -0.121. The van der Waals surface area contributed by atoms with Gasteiger partial charge in [-0.25, -0.2) is 0 Å². The molecule has 0 saturated carbocycles. The molecule has 0 spiro atoms. The lowest BCUT2D eigenvalue weighted by atomic mass is 10.1. The number of thiol groups is 1. The van der Waals surface area contributed by atoms with Gasteiger partial charge in [0.2, 0.25) is 5.91 Å². The van der Waals surface area contributed by atoms with E-state index in [0.717, 1.165) is 18.4 Å². The molecule has 0 aliphatic heterocycles. The molecule has 0 aliphatic rings. The Morgan fingerprint density at radius 1 is 1.35 bits per heavy atom. The van der Waals surface area contributed by atoms with Gasteiger partial charge < -0.3 is 5.32 Å². The predicted molar refractivity (Wildman–Crippen MR) is 75.4 cm³/mol. The third kappa shape index (κ3) is 5.26. The van der Waals surface area contributed by atoms with Crippen LogP contribution < -0.4 is 5.32 Å². The second-order valence-corrected chi connectivity index (χ2v) is 5.03. The van der Waals surface area contributed by atoms with Gasteiger partial charge in [-0.3, -0.25) is 4.79 Å². The Balaban J connectivity index is 2.42. The Morgan fingerprint density at radius 3 is 2.59 bits per heavy atom. The topological polar surface area (TPSA) is 29.1 Å². The van der Waals surface area contributed by atoms with Gasteiger partial charge >= 0.3 is 0 Å². The van der Waals surface area contributed by atoms with Crippen LogP contribution in [0.5, 0.6) is 0 Å². The molecule has 0 aromatic heterocycles. The Bertz CT molecular complexity index is 339. The first-order valence-corrected chi connectivity index (χ1v) is 6.67. The molecule has 0 aliphatic carbocycles. The van der Waals surface area contributed by atoms with E-state index in [1.165, 1.54) is 0 Å². The molecule has 1 aromatic rings. The average molecular weight is 251 g/mol. The van der Waals surface area contributed by atoms with Crippen molar-refractivity contribution in [3.8, 4) is 0 Å². The van der Waals surface area contributed by atoms with Gasteiger partial charge in [0.15, 0.2) is 0 Å². The highest BCUT2D eigenvalue weighted by atomic mass is 32.1. The van der Waals surface area contributed by atoms with Crippen LogP contribution in [0, 0.1) is 0 Å². The summed E-state index contributed by atoms with van der Waals surface area (Å²) in [4.78, 5) is 11.8. The summed E-state index contributed by atoms with van der Waals surface area (Å²) in [5, 5.41) is 2.72. The summed E-state index contributed by atoms with van der Waals surface area (Å²) in [6, 6.07) is 10.2. The van der Waals surface area contributed by atoms with E-state index >= 15 is 0 Å². The van der Waals surface area contributed by atoms with Crippen LogP contribution >= 0.6 is 12.6 Å². The minimum Gasteiger partial charge on any atom is -0.353 e. The normalized spacial score (nSPS) is 14.1. The first kappa shape index (κ1) is 14.1. The van der Waals surface area contributed by atoms with Crippen molar-refractivity contribution >= 4 is 18.5 Å². The van der Waals surface area contributed by atoms with E-state index in [9.17, 15) is 4.79 Å². The van der Waals surface area contributed by atoms with Gasteiger partial charge in [-0.15, -0.1) is 0 Å². The zero-order chi connectivity index (χ0) is 12.7. The Kier molecular flexibility index (Phi) is 6.12. The van der Waals surface area contributed by atoms with E-state index in [-0.39, 0.29) is 17.2 Å². The second-order valence-electron chi connectivity index (χ2n) is 4.40. The van der Waals surface area contributed by atoms with Crippen LogP contribution in [0.15, 0.2) is 30.3 Å². The minimum atomic E-state index is -0.267. The minimum absolute atomic E-state index is 0.0261. The van der Waals surface area contributed by atoms with Crippen molar-refractivity contribution in [1.29, 1.82) is 0 Å². The molecule has 0 radical (unpaired) electrons. The lowest BCUT2D eigenvalue weighted by Gasteiger charge is -2.16. The molecule has 2 nitrogen and oxygen atoms in total. The van der Waals surface area contributed by atoms with Gasteiger partial charge in [0.1, 0.15) is 0 Å². The quantitative estimate of drug-likeness (QED) is 0.748. The molecule has 0 fully saturated rings. The molecular weight excluding hydrogens is 230 g/mol. The third-order valence-electron chi connectivity index (χ3n) is 2.68. The number of benzene rings is 1. The summed E-state index contributed by atoms with van der Waals surface area (Å²) in [5.74, 6) is 0.0261. The highest BCUT2D eigenvalue weighted by Crippen LogP contribution is 2.08. The predicted octanol–water partition coefficient (Wildman–Crippen LogP) is 2.83. The molecule has 1 rings (SSSR count). The third-order valence-corrected chi connectivity index (χ3v) is 3.10. The number of hydrogen-bond donors (Lipinski definition) is 2. The van der Waals surface area contributed by atoms with Gasteiger partial charge in [0.05, 0.1) is 5.25 Å². The molecule has 0 saturated heterocycles. The maximum atomic E-state index is 11.8. The first-order chi connectivity index (χ1) is 8.13. The molecule has 2 atom stereocenters. The van der Waals surface area contributed by atoms with E-state index in [0.29, 0.717) is 6.42 Å². The van der Waals surface area contributed by atoms with Crippen LogP contribution in [-0.4, -0.2) is 17.2 Å². The fraction of sp³-hybridized carbons (Fsp3) is 0.500. The first-order valence-electron chi connectivity index (χ1n) is 6.15. The molecule has 1 aromatic carbocycles. The van der Waals surface area contributed by atoms with E-state index in [1.807, 2.05) is 37.3 Å². The summed E-state index contributed by atoms with van der Waals surface area (Å²) in [7, 11) is 0. The van der Waals surface area contributed by atoms with Crippen LogP contribution in [-0.2, 0) is 11.2 Å². The number of carbonyl (C=O) groups is 1. The van der Waals surface area contributed by atoms with E-state index in [4.69, 9.17) is 0 Å². The highest BCUT2D eigenvalue weighted by molar-refractivity contribution is 7.81. The standard InChI is InChI=1S/C14H21NOS/c1-3-7-11(2)15-14(16)13(17)10-12-8-5-4-6-9-12/h4-6,8-9,11,13,17H,3,7,10H2,1-2H3,(H,15,16). The monoisotopic (exact) mass is 251 g/mol.